The molecule has 1 fully saturated rings. The van der Waals surface area contributed by atoms with Gasteiger partial charge in [0.15, 0.2) is 0 Å². The van der Waals surface area contributed by atoms with Crippen LogP contribution in [0, 0.1) is 0 Å². The Morgan fingerprint density at radius 3 is 2.12 bits per heavy atom. The van der Waals surface area contributed by atoms with Crippen molar-refractivity contribution < 1.29 is 0 Å². The molecule has 25 heavy (non-hydrogen) atoms. The van der Waals surface area contributed by atoms with Gasteiger partial charge in [0.05, 0.1) is 24.3 Å². The largest absolute Gasteiger partial charge is 0.366 e. The molecule has 1 aliphatic rings. The first-order valence-electron chi connectivity index (χ1n) is 8.79. The number of benzene rings is 2. The second-order valence-corrected chi connectivity index (χ2v) is 6.56. The van der Waals surface area contributed by atoms with Crippen LogP contribution in [0.3, 0.4) is 0 Å². The quantitative estimate of drug-likeness (QED) is 0.561. The van der Waals surface area contributed by atoms with E-state index >= 15 is 0 Å². The van der Waals surface area contributed by atoms with Gasteiger partial charge < -0.3 is 9.91 Å². The lowest BCUT2D eigenvalue weighted by Crippen LogP contribution is -2.50. The molecule has 0 spiro atoms. The SMILES string of the molecule is c1ccc2cn(N3CCN(c4cccc5cccnc45)CC3)cc2c1. The number of hydrogen-bond donors (Lipinski definition) is 0. The van der Waals surface area contributed by atoms with Gasteiger partial charge in [-0.05, 0) is 12.1 Å². The number of hydrogen-bond acceptors (Lipinski definition) is 3. The van der Waals surface area contributed by atoms with Crippen molar-refractivity contribution in [3.8, 4) is 0 Å². The van der Waals surface area contributed by atoms with Gasteiger partial charge in [0, 0.05) is 47.8 Å². The van der Waals surface area contributed by atoms with Gasteiger partial charge in [0.2, 0.25) is 0 Å². The highest BCUT2D eigenvalue weighted by molar-refractivity contribution is 5.90. The van der Waals surface area contributed by atoms with Crippen molar-refractivity contribution in [3.05, 3.63) is 73.2 Å². The lowest BCUT2D eigenvalue weighted by Gasteiger charge is -2.38. The summed E-state index contributed by atoms with van der Waals surface area (Å²) in [5.41, 5.74) is 2.35. The Morgan fingerprint density at radius 2 is 1.36 bits per heavy atom. The fourth-order valence-corrected chi connectivity index (χ4v) is 3.74. The highest BCUT2D eigenvalue weighted by atomic mass is 15.6. The van der Waals surface area contributed by atoms with Gasteiger partial charge in [0.25, 0.3) is 0 Å². The molecule has 3 heterocycles. The molecular formula is C21H20N4. The number of piperazine rings is 1. The van der Waals surface area contributed by atoms with E-state index in [0.29, 0.717) is 0 Å². The van der Waals surface area contributed by atoms with E-state index in [1.807, 2.05) is 12.3 Å². The van der Waals surface area contributed by atoms with E-state index in [2.05, 4.69) is 80.5 Å². The second-order valence-electron chi connectivity index (χ2n) is 6.56. The third-order valence-electron chi connectivity index (χ3n) is 5.07. The topological polar surface area (TPSA) is 24.3 Å². The van der Waals surface area contributed by atoms with E-state index in [-0.39, 0.29) is 0 Å². The Balaban J connectivity index is 1.38. The molecule has 2 aromatic heterocycles. The molecule has 0 amide bonds. The smallest absolute Gasteiger partial charge is 0.0935 e. The highest BCUT2D eigenvalue weighted by Crippen LogP contribution is 2.25. The van der Waals surface area contributed by atoms with E-state index in [1.165, 1.54) is 21.8 Å². The van der Waals surface area contributed by atoms with Crippen LogP contribution in [0.25, 0.3) is 21.7 Å². The monoisotopic (exact) mass is 328 g/mol. The molecule has 0 saturated carbocycles. The minimum atomic E-state index is 1.00. The zero-order valence-electron chi connectivity index (χ0n) is 14.0. The summed E-state index contributed by atoms with van der Waals surface area (Å²) >= 11 is 0. The van der Waals surface area contributed by atoms with Crippen LogP contribution in [0.5, 0.6) is 0 Å². The molecular weight excluding hydrogens is 308 g/mol. The predicted octanol–water partition coefficient (Wildman–Crippen LogP) is 3.65. The van der Waals surface area contributed by atoms with Gasteiger partial charge in [-0.25, -0.2) is 0 Å². The van der Waals surface area contributed by atoms with Gasteiger partial charge in [0.1, 0.15) is 0 Å². The number of nitrogens with zero attached hydrogens (tertiary/aromatic N) is 4. The highest BCUT2D eigenvalue weighted by Gasteiger charge is 2.19. The number of aromatic nitrogens is 2. The molecule has 0 aliphatic carbocycles. The summed E-state index contributed by atoms with van der Waals surface area (Å²) < 4.78 is 2.25. The normalized spacial score (nSPS) is 15.2. The van der Waals surface area contributed by atoms with Crippen LogP contribution in [0.2, 0.25) is 0 Å². The molecule has 4 aromatic rings. The van der Waals surface area contributed by atoms with Crippen LogP contribution >= 0.6 is 0 Å². The van der Waals surface area contributed by atoms with Crippen molar-refractivity contribution in [2.24, 2.45) is 0 Å². The zero-order chi connectivity index (χ0) is 16.6. The van der Waals surface area contributed by atoms with Crippen molar-refractivity contribution in [2.75, 3.05) is 36.1 Å². The molecule has 0 atom stereocenters. The first kappa shape index (κ1) is 14.3. The Kier molecular flexibility index (Phi) is 3.33. The van der Waals surface area contributed by atoms with E-state index < -0.39 is 0 Å². The standard InChI is InChI=1S/C21H20N4/c1-2-6-19-16-25(15-18(19)5-1)24-13-11-23(12-14-24)20-9-3-7-17-8-4-10-22-21(17)20/h1-10,15-16H,11-14H2. The summed E-state index contributed by atoms with van der Waals surface area (Å²) in [6.45, 7) is 4.02. The first-order chi connectivity index (χ1) is 12.4. The summed E-state index contributed by atoms with van der Waals surface area (Å²) in [6, 6.07) is 19.1. The Hall–Kier alpha value is -3.01. The summed E-state index contributed by atoms with van der Waals surface area (Å²) in [5.74, 6) is 0. The Morgan fingerprint density at radius 1 is 0.680 bits per heavy atom. The maximum absolute atomic E-state index is 4.60. The molecule has 0 bridgehead atoms. The van der Waals surface area contributed by atoms with Gasteiger partial charge in [-0.2, -0.15) is 0 Å². The molecule has 0 N–H and O–H groups in total. The van der Waals surface area contributed by atoms with Gasteiger partial charge in [-0.3, -0.25) is 9.66 Å². The van der Waals surface area contributed by atoms with Crippen molar-refractivity contribution in [1.82, 2.24) is 9.66 Å². The third kappa shape index (κ3) is 2.50. The summed E-state index contributed by atoms with van der Waals surface area (Å²) in [5, 5.41) is 6.21. The fourth-order valence-electron chi connectivity index (χ4n) is 3.74. The number of para-hydroxylation sites is 1. The van der Waals surface area contributed by atoms with E-state index in [4.69, 9.17) is 0 Å². The van der Waals surface area contributed by atoms with Gasteiger partial charge in [-0.1, -0.05) is 42.5 Å². The van der Waals surface area contributed by atoms with Crippen LogP contribution in [-0.2, 0) is 0 Å². The lowest BCUT2D eigenvalue weighted by atomic mass is 10.1. The average molecular weight is 328 g/mol. The van der Waals surface area contributed by atoms with E-state index in [9.17, 15) is 0 Å². The van der Waals surface area contributed by atoms with Crippen molar-refractivity contribution in [3.63, 3.8) is 0 Å². The van der Waals surface area contributed by atoms with E-state index in [1.54, 1.807) is 0 Å². The number of anilines is 1. The summed E-state index contributed by atoms with van der Waals surface area (Å²) in [7, 11) is 0. The molecule has 0 unspecified atom stereocenters. The van der Waals surface area contributed by atoms with E-state index in [0.717, 1.165) is 31.7 Å². The predicted molar refractivity (Wildman–Crippen MR) is 104 cm³/mol. The summed E-state index contributed by atoms with van der Waals surface area (Å²) in [4.78, 5) is 7.06. The molecule has 2 aromatic carbocycles. The van der Waals surface area contributed by atoms with Crippen LogP contribution in [0.1, 0.15) is 0 Å². The second kappa shape index (κ2) is 5.81. The molecule has 0 radical (unpaired) electrons. The number of pyridine rings is 1. The molecule has 1 aliphatic heterocycles. The van der Waals surface area contributed by atoms with Crippen LogP contribution < -0.4 is 9.91 Å². The maximum Gasteiger partial charge on any atom is 0.0935 e. The molecule has 4 heteroatoms. The number of rotatable bonds is 2. The maximum atomic E-state index is 4.60. The fraction of sp³-hybridized carbons (Fsp3) is 0.190. The Bertz CT molecular complexity index is 990. The third-order valence-corrected chi connectivity index (χ3v) is 5.07. The minimum absolute atomic E-state index is 1.00. The minimum Gasteiger partial charge on any atom is -0.366 e. The first-order valence-corrected chi connectivity index (χ1v) is 8.79. The zero-order valence-corrected chi connectivity index (χ0v) is 14.0. The van der Waals surface area contributed by atoms with Crippen LogP contribution in [-0.4, -0.2) is 35.8 Å². The van der Waals surface area contributed by atoms with Crippen molar-refractivity contribution in [1.29, 1.82) is 0 Å². The average Bonchev–Trinajstić information content (AvgIpc) is 3.12. The molecule has 1 saturated heterocycles. The molecule has 124 valence electrons. The number of fused-ring (bicyclic) bond motifs is 2. The Labute approximate surface area is 146 Å². The van der Waals surface area contributed by atoms with Gasteiger partial charge in [-0.15, -0.1) is 0 Å². The van der Waals surface area contributed by atoms with Crippen molar-refractivity contribution in [2.45, 2.75) is 0 Å². The lowest BCUT2D eigenvalue weighted by molar-refractivity contribution is 0.531. The molecule has 4 nitrogen and oxygen atoms in total. The van der Waals surface area contributed by atoms with Crippen LogP contribution in [0.15, 0.2) is 73.2 Å². The van der Waals surface area contributed by atoms with Gasteiger partial charge >= 0.3 is 0 Å². The molecule has 5 rings (SSSR count). The van der Waals surface area contributed by atoms with Crippen molar-refractivity contribution >= 4 is 27.4 Å². The van der Waals surface area contributed by atoms with Crippen LogP contribution in [0.4, 0.5) is 5.69 Å². The summed E-state index contributed by atoms with van der Waals surface area (Å²) in [6.07, 6.45) is 6.34.